The maximum atomic E-state index is 9.86. The lowest BCUT2D eigenvalue weighted by molar-refractivity contribution is 0.0838. The van der Waals surface area contributed by atoms with E-state index in [2.05, 4.69) is 18.8 Å². The fourth-order valence-corrected chi connectivity index (χ4v) is 2.33. The van der Waals surface area contributed by atoms with Crippen LogP contribution in [0.4, 0.5) is 0 Å². The Hall–Kier alpha value is -0.340. The molecule has 2 heteroatoms. The van der Waals surface area contributed by atoms with Gasteiger partial charge in [0.2, 0.25) is 0 Å². The third kappa shape index (κ3) is 4.35. The molecule has 2 nitrogen and oxygen atoms in total. The largest absolute Gasteiger partial charge is 0.392 e. The van der Waals surface area contributed by atoms with Gasteiger partial charge in [-0.05, 0) is 32.1 Å². The number of rotatable bonds is 6. The second-order valence-corrected chi connectivity index (χ2v) is 4.60. The van der Waals surface area contributed by atoms with Gasteiger partial charge >= 0.3 is 0 Å². The zero-order valence-corrected chi connectivity index (χ0v) is 9.91. The summed E-state index contributed by atoms with van der Waals surface area (Å²) in [6, 6.07) is 0.870. The summed E-state index contributed by atoms with van der Waals surface area (Å²) < 4.78 is 0. The number of nitrogens with one attached hydrogen (secondary N) is 1. The van der Waals surface area contributed by atoms with E-state index in [1.165, 1.54) is 12.8 Å². The fraction of sp³-hybridized carbons (Fsp3) is 0.846. The molecular formula is C13H25NO. The zero-order chi connectivity index (χ0) is 11.1. The monoisotopic (exact) mass is 211 g/mol. The fourth-order valence-electron chi connectivity index (χ4n) is 2.33. The lowest BCUT2D eigenvalue weighted by Gasteiger charge is -2.32. The van der Waals surface area contributed by atoms with Crippen molar-refractivity contribution in [3.8, 4) is 0 Å². The van der Waals surface area contributed by atoms with Crippen molar-refractivity contribution in [2.45, 2.75) is 70.1 Å². The summed E-state index contributed by atoms with van der Waals surface area (Å²) in [5.41, 5.74) is 0. The van der Waals surface area contributed by atoms with Gasteiger partial charge in [0.1, 0.15) is 0 Å². The second kappa shape index (κ2) is 7.02. The van der Waals surface area contributed by atoms with Crippen LogP contribution in [-0.2, 0) is 0 Å². The highest BCUT2D eigenvalue weighted by Gasteiger charge is 2.24. The molecule has 1 aliphatic carbocycles. The molecule has 0 radical (unpaired) electrons. The van der Waals surface area contributed by atoms with E-state index in [1.54, 1.807) is 0 Å². The molecule has 0 spiro atoms. The molecule has 1 aliphatic rings. The van der Waals surface area contributed by atoms with Gasteiger partial charge in [0.15, 0.2) is 0 Å². The van der Waals surface area contributed by atoms with Gasteiger partial charge in [-0.3, -0.25) is 0 Å². The van der Waals surface area contributed by atoms with Crippen molar-refractivity contribution in [2.75, 3.05) is 0 Å². The molecule has 0 aliphatic heterocycles. The number of aliphatic hydroxyl groups is 1. The van der Waals surface area contributed by atoms with Crippen molar-refractivity contribution >= 4 is 0 Å². The predicted octanol–water partition coefficient (Wildman–Crippen LogP) is 2.62. The van der Waals surface area contributed by atoms with Crippen molar-refractivity contribution in [3.63, 3.8) is 0 Å². The molecule has 0 bridgehead atoms. The second-order valence-electron chi connectivity index (χ2n) is 4.60. The minimum Gasteiger partial charge on any atom is -0.392 e. The quantitative estimate of drug-likeness (QED) is 0.662. The van der Waals surface area contributed by atoms with Gasteiger partial charge in [-0.25, -0.2) is 0 Å². The van der Waals surface area contributed by atoms with E-state index in [4.69, 9.17) is 0 Å². The molecule has 0 heterocycles. The van der Waals surface area contributed by atoms with E-state index in [0.29, 0.717) is 12.1 Å². The van der Waals surface area contributed by atoms with Crippen LogP contribution in [0.15, 0.2) is 12.7 Å². The Morgan fingerprint density at radius 3 is 2.80 bits per heavy atom. The first-order valence-electron chi connectivity index (χ1n) is 6.33. The molecule has 1 rings (SSSR count). The van der Waals surface area contributed by atoms with Crippen molar-refractivity contribution in [1.82, 2.24) is 5.32 Å². The Morgan fingerprint density at radius 2 is 2.20 bits per heavy atom. The first-order valence-corrected chi connectivity index (χ1v) is 6.33. The molecule has 0 saturated heterocycles. The van der Waals surface area contributed by atoms with Crippen LogP contribution in [0.25, 0.3) is 0 Å². The highest BCUT2D eigenvalue weighted by Crippen LogP contribution is 2.19. The van der Waals surface area contributed by atoms with Crippen molar-refractivity contribution in [3.05, 3.63) is 12.7 Å². The Balaban J connectivity index is 2.31. The third-order valence-electron chi connectivity index (χ3n) is 3.39. The van der Waals surface area contributed by atoms with E-state index < -0.39 is 0 Å². The van der Waals surface area contributed by atoms with Gasteiger partial charge in [0.25, 0.3) is 0 Å². The standard InChI is InChI=1S/C13H25NO/c1-3-5-8-11(4-2)14-12-9-6-7-10-13(12)15/h3,11-15H,1,4-10H2,2H3/t11-,12-,13+/m0/s1. The Bertz CT molecular complexity index is 181. The number of aliphatic hydroxyl groups excluding tert-OH is 1. The van der Waals surface area contributed by atoms with Crippen LogP contribution in [0.1, 0.15) is 51.9 Å². The van der Waals surface area contributed by atoms with Gasteiger partial charge in [-0.2, -0.15) is 0 Å². The smallest absolute Gasteiger partial charge is 0.0693 e. The maximum absolute atomic E-state index is 9.86. The van der Waals surface area contributed by atoms with Gasteiger partial charge < -0.3 is 10.4 Å². The molecule has 0 aromatic heterocycles. The Morgan fingerprint density at radius 1 is 1.47 bits per heavy atom. The summed E-state index contributed by atoms with van der Waals surface area (Å²) in [4.78, 5) is 0. The van der Waals surface area contributed by atoms with E-state index in [0.717, 1.165) is 32.1 Å². The minimum atomic E-state index is -0.128. The molecule has 0 unspecified atom stereocenters. The maximum Gasteiger partial charge on any atom is 0.0693 e. The lowest BCUT2D eigenvalue weighted by atomic mass is 9.91. The van der Waals surface area contributed by atoms with E-state index in [-0.39, 0.29) is 6.10 Å². The van der Waals surface area contributed by atoms with Crippen LogP contribution in [0.5, 0.6) is 0 Å². The van der Waals surface area contributed by atoms with Crippen LogP contribution in [-0.4, -0.2) is 23.3 Å². The predicted molar refractivity (Wildman–Crippen MR) is 64.9 cm³/mol. The van der Waals surface area contributed by atoms with E-state index in [1.807, 2.05) is 6.08 Å². The summed E-state index contributed by atoms with van der Waals surface area (Å²) in [7, 11) is 0. The first-order chi connectivity index (χ1) is 7.27. The normalized spacial score (nSPS) is 28.7. The van der Waals surface area contributed by atoms with Crippen molar-refractivity contribution in [1.29, 1.82) is 0 Å². The van der Waals surface area contributed by atoms with Crippen LogP contribution in [0, 0.1) is 0 Å². The molecule has 2 N–H and O–H groups in total. The minimum absolute atomic E-state index is 0.128. The SMILES string of the molecule is C=CCC[C@H](CC)N[C@H]1CCCC[C@H]1O. The highest BCUT2D eigenvalue weighted by molar-refractivity contribution is 4.84. The molecule has 0 amide bonds. The summed E-state index contributed by atoms with van der Waals surface area (Å²) in [6.45, 7) is 5.96. The highest BCUT2D eigenvalue weighted by atomic mass is 16.3. The molecule has 0 aromatic carbocycles. The van der Waals surface area contributed by atoms with Gasteiger partial charge in [-0.1, -0.05) is 25.8 Å². The van der Waals surface area contributed by atoms with Gasteiger partial charge in [0, 0.05) is 12.1 Å². The molecule has 0 aromatic rings. The summed E-state index contributed by atoms with van der Waals surface area (Å²) in [5, 5.41) is 13.4. The number of hydrogen-bond donors (Lipinski definition) is 2. The van der Waals surface area contributed by atoms with Crippen molar-refractivity contribution < 1.29 is 5.11 Å². The average molecular weight is 211 g/mol. The molecule has 3 atom stereocenters. The van der Waals surface area contributed by atoms with Crippen LogP contribution in [0.3, 0.4) is 0 Å². The molecule has 88 valence electrons. The molecular weight excluding hydrogens is 186 g/mol. The summed E-state index contributed by atoms with van der Waals surface area (Å²) in [5.74, 6) is 0. The number of allylic oxidation sites excluding steroid dienone is 1. The third-order valence-corrected chi connectivity index (χ3v) is 3.39. The molecule has 1 fully saturated rings. The summed E-state index contributed by atoms with van der Waals surface area (Å²) in [6.07, 6.45) is 9.73. The van der Waals surface area contributed by atoms with Gasteiger partial charge in [0.05, 0.1) is 6.10 Å². The van der Waals surface area contributed by atoms with E-state index in [9.17, 15) is 5.11 Å². The Kier molecular flexibility index (Phi) is 5.96. The van der Waals surface area contributed by atoms with Crippen LogP contribution >= 0.6 is 0 Å². The topological polar surface area (TPSA) is 32.3 Å². The van der Waals surface area contributed by atoms with Crippen molar-refractivity contribution in [2.24, 2.45) is 0 Å². The zero-order valence-electron chi connectivity index (χ0n) is 9.91. The van der Waals surface area contributed by atoms with Crippen LogP contribution in [0.2, 0.25) is 0 Å². The summed E-state index contributed by atoms with van der Waals surface area (Å²) >= 11 is 0. The molecule has 1 saturated carbocycles. The number of hydrogen-bond acceptors (Lipinski definition) is 2. The lowest BCUT2D eigenvalue weighted by Crippen LogP contribution is -2.46. The molecule has 15 heavy (non-hydrogen) atoms. The van der Waals surface area contributed by atoms with E-state index >= 15 is 0 Å². The first kappa shape index (κ1) is 12.7. The van der Waals surface area contributed by atoms with Gasteiger partial charge in [-0.15, -0.1) is 6.58 Å². The average Bonchev–Trinajstić information content (AvgIpc) is 2.26. The Labute approximate surface area is 93.8 Å². The van der Waals surface area contributed by atoms with Crippen LogP contribution < -0.4 is 5.32 Å².